The molecule has 26 heavy (non-hydrogen) atoms. The molecule has 6 heteroatoms. The van der Waals surface area contributed by atoms with E-state index in [9.17, 15) is 4.79 Å². The molecule has 138 valence electrons. The van der Waals surface area contributed by atoms with Crippen LogP contribution in [0.1, 0.15) is 40.3 Å². The van der Waals surface area contributed by atoms with Crippen LogP contribution in [0.5, 0.6) is 0 Å². The number of nitrogens with one attached hydrogen (secondary N) is 1. The molecule has 1 aliphatic heterocycles. The third-order valence-corrected chi connectivity index (χ3v) is 4.78. The fourth-order valence-electron chi connectivity index (χ4n) is 3.41. The molecule has 2 aromatic rings. The molecule has 2 atom stereocenters. The van der Waals surface area contributed by atoms with Gasteiger partial charge in [0.05, 0.1) is 35.7 Å². The number of ether oxygens (including phenoxy) is 1. The van der Waals surface area contributed by atoms with Crippen molar-refractivity contribution in [2.45, 2.75) is 32.4 Å². The lowest BCUT2D eigenvalue weighted by molar-refractivity contribution is -0.0605. The van der Waals surface area contributed by atoms with Gasteiger partial charge >= 0.3 is 0 Å². The van der Waals surface area contributed by atoms with Gasteiger partial charge in [0.1, 0.15) is 0 Å². The second kappa shape index (κ2) is 8.38. The van der Waals surface area contributed by atoms with Gasteiger partial charge in [-0.3, -0.25) is 9.69 Å². The number of hydrogen-bond acceptors (Lipinski definition) is 5. The minimum Gasteiger partial charge on any atom is -0.373 e. The first-order valence-electron chi connectivity index (χ1n) is 9.08. The fourth-order valence-corrected chi connectivity index (χ4v) is 3.41. The Morgan fingerprint density at radius 2 is 2.08 bits per heavy atom. The Morgan fingerprint density at radius 3 is 2.81 bits per heavy atom. The van der Waals surface area contributed by atoms with Crippen molar-refractivity contribution in [1.82, 2.24) is 20.4 Å². The number of rotatable bonds is 5. The molecule has 2 heterocycles. The normalized spacial score (nSPS) is 20.7. The SMILES string of the molecule is CCc1nnc(C)cc1C(=O)NC[C@@H]1OCCN(C)[C@H]1c1ccccc1. The van der Waals surface area contributed by atoms with E-state index < -0.39 is 0 Å². The molecule has 1 aromatic heterocycles. The lowest BCUT2D eigenvalue weighted by atomic mass is 9.98. The molecule has 0 unspecified atom stereocenters. The van der Waals surface area contributed by atoms with E-state index in [1.165, 1.54) is 5.56 Å². The van der Waals surface area contributed by atoms with Crippen LogP contribution in [0.2, 0.25) is 0 Å². The number of nitrogens with zero attached hydrogens (tertiary/aromatic N) is 3. The predicted octanol–water partition coefficient (Wildman–Crippen LogP) is 2.15. The van der Waals surface area contributed by atoms with Crippen LogP contribution in [-0.4, -0.2) is 53.9 Å². The highest BCUT2D eigenvalue weighted by Gasteiger charge is 2.31. The number of aryl methyl sites for hydroxylation is 2. The van der Waals surface area contributed by atoms with Crippen molar-refractivity contribution in [3.8, 4) is 0 Å². The standard InChI is InChI=1S/C20H26N4O2/c1-4-17-16(12-14(2)22-23-17)20(25)21-13-18-19(24(3)10-11-26-18)15-8-6-5-7-9-15/h5-9,12,18-19H,4,10-11,13H2,1-3H3,(H,21,25)/t18-,19-/m0/s1. The molecule has 0 spiro atoms. The predicted molar refractivity (Wildman–Crippen MR) is 100 cm³/mol. The van der Waals surface area contributed by atoms with Gasteiger partial charge in [-0.1, -0.05) is 37.3 Å². The van der Waals surface area contributed by atoms with E-state index in [1.54, 1.807) is 6.07 Å². The number of carbonyl (C=O) groups is 1. The largest absolute Gasteiger partial charge is 0.373 e. The summed E-state index contributed by atoms with van der Waals surface area (Å²) in [5, 5.41) is 11.2. The second-order valence-electron chi connectivity index (χ2n) is 6.66. The molecule has 0 radical (unpaired) electrons. The Balaban J connectivity index is 1.73. The van der Waals surface area contributed by atoms with Crippen molar-refractivity contribution in [1.29, 1.82) is 0 Å². The molecule has 1 fully saturated rings. The number of hydrogen-bond donors (Lipinski definition) is 1. The molecule has 0 bridgehead atoms. The average Bonchev–Trinajstić information content (AvgIpc) is 2.66. The van der Waals surface area contributed by atoms with Gasteiger partial charge in [-0.25, -0.2) is 0 Å². The van der Waals surface area contributed by atoms with Crippen molar-refractivity contribution in [3.63, 3.8) is 0 Å². The van der Waals surface area contributed by atoms with Crippen molar-refractivity contribution >= 4 is 5.91 Å². The Bertz CT molecular complexity index is 751. The summed E-state index contributed by atoms with van der Waals surface area (Å²) < 4.78 is 6.00. The zero-order valence-electron chi connectivity index (χ0n) is 15.6. The number of aromatic nitrogens is 2. The Hall–Kier alpha value is -2.31. The summed E-state index contributed by atoms with van der Waals surface area (Å²) in [7, 11) is 2.10. The van der Waals surface area contributed by atoms with Gasteiger partial charge in [0.2, 0.25) is 0 Å². The van der Waals surface area contributed by atoms with Gasteiger partial charge in [0, 0.05) is 13.1 Å². The van der Waals surface area contributed by atoms with Crippen LogP contribution in [0.4, 0.5) is 0 Å². The van der Waals surface area contributed by atoms with Gasteiger partial charge in [-0.2, -0.15) is 10.2 Å². The van der Waals surface area contributed by atoms with Crippen LogP contribution in [0.3, 0.4) is 0 Å². The molecular weight excluding hydrogens is 328 g/mol. The lowest BCUT2D eigenvalue weighted by Gasteiger charge is -2.39. The number of morpholine rings is 1. The first-order chi connectivity index (χ1) is 12.6. The molecule has 1 aromatic carbocycles. The maximum atomic E-state index is 12.7. The quantitative estimate of drug-likeness (QED) is 0.891. The van der Waals surface area contributed by atoms with E-state index in [0.717, 1.165) is 17.9 Å². The molecule has 1 aliphatic rings. The first-order valence-corrected chi connectivity index (χ1v) is 9.08. The highest BCUT2D eigenvalue weighted by atomic mass is 16.5. The van der Waals surface area contributed by atoms with Crippen molar-refractivity contribution in [2.24, 2.45) is 0 Å². The van der Waals surface area contributed by atoms with Gasteiger partial charge in [0.15, 0.2) is 0 Å². The highest BCUT2D eigenvalue weighted by molar-refractivity contribution is 5.95. The van der Waals surface area contributed by atoms with Crippen LogP contribution >= 0.6 is 0 Å². The minimum absolute atomic E-state index is 0.0962. The maximum absolute atomic E-state index is 12.7. The molecule has 0 aliphatic carbocycles. The van der Waals surface area contributed by atoms with E-state index in [0.29, 0.717) is 25.1 Å². The summed E-state index contributed by atoms with van der Waals surface area (Å²) >= 11 is 0. The van der Waals surface area contributed by atoms with Crippen LogP contribution in [0.25, 0.3) is 0 Å². The molecule has 1 saturated heterocycles. The Kier molecular flexibility index (Phi) is 5.96. The molecule has 0 saturated carbocycles. The van der Waals surface area contributed by atoms with Crippen molar-refractivity contribution in [2.75, 3.05) is 26.7 Å². The average molecular weight is 354 g/mol. The number of likely N-dealkylation sites (N-methyl/N-ethyl adjacent to an activating group) is 1. The van der Waals surface area contributed by atoms with Gasteiger partial charge in [-0.15, -0.1) is 0 Å². The molecule has 1 amide bonds. The number of amides is 1. The molecular formula is C20H26N4O2. The summed E-state index contributed by atoms with van der Waals surface area (Å²) in [5.41, 5.74) is 3.25. The third-order valence-electron chi connectivity index (χ3n) is 4.78. The van der Waals surface area contributed by atoms with Gasteiger partial charge in [0.25, 0.3) is 5.91 Å². The zero-order chi connectivity index (χ0) is 18.5. The van der Waals surface area contributed by atoms with E-state index in [4.69, 9.17) is 4.74 Å². The first kappa shape index (κ1) is 18.5. The summed E-state index contributed by atoms with van der Waals surface area (Å²) in [6.45, 7) is 5.80. The molecule has 3 rings (SSSR count). The van der Waals surface area contributed by atoms with E-state index in [1.807, 2.05) is 32.0 Å². The van der Waals surface area contributed by atoms with Crippen LogP contribution < -0.4 is 5.32 Å². The van der Waals surface area contributed by atoms with Crippen LogP contribution in [0.15, 0.2) is 36.4 Å². The van der Waals surface area contributed by atoms with E-state index >= 15 is 0 Å². The van der Waals surface area contributed by atoms with Gasteiger partial charge < -0.3 is 10.1 Å². The second-order valence-corrected chi connectivity index (χ2v) is 6.66. The molecule has 6 nitrogen and oxygen atoms in total. The number of benzene rings is 1. The van der Waals surface area contributed by atoms with Crippen molar-refractivity contribution < 1.29 is 9.53 Å². The Morgan fingerprint density at radius 1 is 1.31 bits per heavy atom. The van der Waals surface area contributed by atoms with E-state index in [-0.39, 0.29) is 18.1 Å². The Labute approximate surface area is 154 Å². The zero-order valence-corrected chi connectivity index (χ0v) is 15.6. The smallest absolute Gasteiger partial charge is 0.253 e. The fraction of sp³-hybridized carbons (Fsp3) is 0.450. The lowest BCUT2D eigenvalue weighted by Crippen LogP contribution is -2.48. The molecule has 1 N–H and O–H groups in total. The van der Waals surface area contributed by atoms with Crippen molar-refractivity contribution in [3.05, 3.63) is 58.9 Å². The summed E-state index contributed by atoms with van der Waals surface area (Å²) in [6, 6.07) is 12.2. The number of carbonyl (C=O) groups excluding carboxylic acids is 1. The van der Waals surface area contributed by atoms with Gasteiger partial charge in [-0.05, 0) is 32.0 Å². The minimum atomic E-state index is -0.122. The highest BCUT2D eigenvalue weighted by Crippen LogP contribution is 2.27. The summed E-state index contributed by atoms with van der Waals surface area (Å²) in [4.78, 5) is 15.0. The topological polar surface area (TPSA) is 67.3 Å². The maximum Gasteiger partial charge on any atom is 0.253 e. The van der Waals surface area contributed by atoms with Crippen LogP contribution in [-0.2, 0) is 11.2 Å². The summed E-state index contributed by atoms with van der Waals surface area (Å²) in [5.74, 6) is -0.122. The monoisotopic (exact) mass is 354 g/mol. The van der Waals surface area contributed by atoms with Crippen LogP contribution in [0, 0.1) is 6.92 Å². The summed E-state index contributed by atoms with van der Waals surface area (Å²) in [6.07, 6.45) is 0.576. The third kappa shape index (κ3) is 4.08. The van der Waals surface area contributed by atoms with E-state index in [2.05, 4.69) is 39.6 Å².